The number of hydrogen-bond acceptors (Lipinski definition) is 1. The van der Waals surface area contributed by atoms with Gasteiger partial charge in [0.1, 0.15) is 11.6 Å². The third-order valence-electron chi connectivity index (χ3n) is 2.97. The molecule has 2 aromatic carbocycles. The van der Waals surface area contributed by atoms with E-state index in [1.807, 2.05) is 0 Å². The maximum absolute atomic E-state index is 13.7. The third kappa shape index (κ3) is 3.60. The van der Waals surface area contributed by atoms with Crippen LogP contribution in [0.25, 0.3) is 0 Å². The Bertz CT molecular complexity index is 693. The normalized spacial score (nSPS) is 12.0. The van der Waals surface area contributed by atoms with Crippen LogP contribution in [-0.2, 0) is 0 Å². The van der Waals surface area contributed by atoms with E-state index in [1.54, 1.807) is 25.1 Å². The van der Waals surface area contributed by atoms with Crippen molar-refractivity contribution in [3.8, 4) is 0 Å². The lowest BCUT2D eigenvalue weighted by Gasteiger charge is -2.16. The van der Waals surface area contributed by atoms with Crippen LogP contribution < -0.4 is 5.32 Å². The van der Waals surface area contributed by atoms with E-state index in [4.69, 9.17) is 11.6 Å². The second-order valence-corrected chi connectivity index (χ2v) is 5.69. The molecule has 0 heterocycles. The van der Waals surface area contributed by atoms with Crippen LogP contribution in [-0.4, -0.2) is 5.91 Å². The Morgan fingerprint density at radius 3 is 2.71 bits per heavy atom. The predicted molar refractivity (Wildman–Crippen MR) is 81.4 cm³/mol. The summed E-state index contributed by atoms with van der Waals surface area (Å²) in [4.78, 5) is 12.2. The highest BCUT2D eigenvalue weighted by Gasteiger charge is 2.18. The van der Waals surface area contributed by atoms with Crippen LogP contribution in [0, 0.1) is 11.6 Å². The van der Waals surface area contributed by atoms with E-state index in [9.17, 15) is 13.6 Å². The molecule has 1 amide bonds. The van der Waals surface area contributed by atoms with Crippen molar-refractivity contribution >= 4 is 33.4 Å². The Labute approximate surface area is 134 Å². The number of halogens is 4. The van der Waals surface area contributed by atoms with Gasteiger partial charge in [0.15, 0.2) is 0 Å². The molecular weight excluding hydrogens is 364 g/mol. The van der Waals surface area contributed by atoms with E-state index in [-0.39, 0.29) is 16.1 Å². The molecule has 1 atom stereocenters. The molecule has 0 aliphatic heterocycles. The average Bonchev–Trinajstić information content (AvgIpc) is 2.44. The van der Waals surface area contributed by atoms with Crippen LogP contribution in [0.15, 0.2) is 40.9 Å². The Hall–Kier alpha value is -1.46. The molecule has 1 unspecified atom stereocenters. The van der Waals surface area contributed by atoms with Crippen molar-refractivity contribution in [1.82, 2.24) is 5.32 Å². The van der Waals surface area contributed by atoms with E-state index >= 15 is 0 Å². The highest BCUT2D eigenvalue weighted by atomic mass is 79.9. The lowest BCUT2D eigenvalue weighted by Crippen LogP contribution is -2.27. The van der Waals surface area contributed by atoms with Gasteiger partial charge in [-0.3, -0.25) is 4.79 Å². The summed E-state index contributed by atoms with van der Waals surface area (Å²) in [5.74, 6) is -1.60. The maximum atomic E-state index is 13.7. The lowest BCUT2D eigenvalue weighted by molar-refractivity contribution is 0.0939. The fourth-order valence-electron chi connectivity index (χ4n) is 1.88. The van der Waals surface area contributed by atoms with Crippen molar-refractivity contribution in [2.75, 3.05) is 0 Å². The summed E-state index contributed by atoms with van der Waals surface area (Å²) in [6.45, 7) is 1.57. The second kappa shape index (κ2) is 6.54. The summed E-state index contributed by atoms with van der Waals surface area (Å²) in [6.07, 6.45) is 0. The van der Waals surface area contributed by atoms with Crippen molar-refractivity contribution < 1.29 is 13.6 Å². The molecule has 0 spiro atoms. The quantitative estimate of drug-likeness (QED) is 0.816. The van der Waals surface area contributed by atoms with Gasteiger partial charge in [0.25, 0.3) is 5.91 Å². The number of benzene rings is 2. The standard InChI is InChI=1S/C15H11BrClF2NO/c1-8(11-7-9(18)5-6-13(11)19)20-15(21)10-3-2-4-12(16)14(10)17/h2-8H,1H3,(H,20,21). The monoisotopic (exact) mass is 373 g/mol. The first-order valence-electron chi connectivity index (χ1n) is 6.10. The fraction of sp³-hybridized carbons (Fsp3) is 0.133. The number of amides is 1. The van der Waals surface area contributed by atoms with Gasteiger partial charge >= 0.3 is 0 Å². The molecule has 0 fully saturated rings. The van der Waals surface area contributed by atoms with E-state index in [0.717, 1.165) is 18.2 Å². The molecule has 6 heteroatoms. The molecule has 0 bridgehead atoms. The molecule has 21 heavy (non-hydrogen) atoms. The van der Waals surface area contributed by atoms with Crippen LogP contribution >= 0.6 is 27.5 Å². The SMILES string of the molecule is CC(NC(=O)c1cccc(Br)c1Cl)c1cc(F)ccc1F. The van der Waals surface area contributed by atoms with Gasteiger partial charge in [0.05, 0.1) is 16.6 Å². The summed E-state index contributed by atoms with van der Waals surface area (Å²) < 4.78 is 27.4. The molecule has 0 radical (unpaired) electrons. The van der Waals surface area contributed by atoms with Crippen molar-refractivity contribution in [3.63, 3.8) is 0 Å². The van der Waals surface area contributed by atoms with E-state index in [2.05, 4.69) is 21.2 Å². The van der Waals surface area contributed by atoms with Crippen LogP contribution in [0.4, 0.5) is 8.78 Å². The van der Waals surface area contributed by atoms with Crippen molar-refractivity contribution in [2.45, 2.75) is 13.0 Å². The van der Waals surface area contributed by atoms with Gasteiger partial charge in [-0.2, -0.15) is 0 Å². The number of carbonyl (C=O) groups is 1. The van der Waals surface area contributed by atoms with Crippen molar-refractivity contribution in [1.29, 1.82) is 0 Å². The van der Waals surface area contributed by atoms with Crippen LogP contribution in [0.3, 0.4) is 0 Å². The minimum atomic E-state index is -0.691. The number of rotatable bonds is 3. The van der Waals surface area contributed by atoms with E-state index in [1.165, 1.54) is 0 Å². The van der Waals surface area contributed by atoms with Gasteiger partial charge in [0.2, 0.25) is 0 Å². The van der Waals surface area contributed by atoms with Gasteiger partial charge in [-0.25, -0.2) is 8.78 Å². The molecule has 110 valence electrons. The molecule has 2 rings (SSSR count). The Morgan fingerprint density at radius 2 is 2.00 bits per heavy atom. The zero-order valence-corrected chi connectivity index (χ0v) is 13.3. The number of carbonyl (C=O) groups excluding carboxylic acids is 1. The minimum absolute atomic E-state index is 0.0782. The van der Waals surface area contributed by atoms with Gasteiger partial charge < -0.3 is 5.32 Å². The summed E-state index contributed by atoms with van der Waals surface area (Å²) in [5, 5.41) is 2.86. The molecule has 0 aliphatic rings. The smallest absolute Gasteiger partial charge is 0.253 e. The van der Waals surface area contributed by atoms with Gasteiger partial charge in [-0.15, -0.1) is 0 Å². The summed E-state index contributed by atoms with van der Waals surface area (Å²) in [7, 11) is 0. The molecular formula is C15H11BrClF2NO. The van der Waals surface area contributed by atoms with Gasteiger partial charge in [0, 0.05) is 10.0 Å². The minimum Gasteiger partial charge on any atom is -0.345 e. The maximum Gasteiger partial charge on any atom is 0.253 e. The predicted octanol–water partition coefficient (Wildman–Crippen LogP) is 4.87. The van der Waals surface area contributed by atoms with Crippen LogP contribution in [0.1, 0.15) is 28.9 Å². The molecule has 2 nitrogen and oxygen atoms in total. The molecule has 1 N–H and O–H groups in total. The van der Waals surface area contributed by atoms with Crippen LogP contribution in [0.2, 0.25) is 5.02 Å². The Kier molecular flexibility index (Phi) is 4.96. The second-order valence-electron chi connectivity index (χ2n) is 4.46. The molecule has 2 aromatic rings. The summed E-state index contributed by atoms with van der Waals surface area (Å²) >= 11 is 9.26. The average molecular weight is 375 g/mol. The fourth-order valence-corrected chi connectivity index (χ4v) is 2.46. The Morgan fingerprint density at radius 1 is 1.29 bits per heavy atom. The zero-order valence-electron chi connectivity index (χ0n) is 11.0. The van der Waals surface area contributed by atoms with E-state index < -0.39 is 23.6 Å². The first-order valence-corrected chi connectivity index (χ1v) is 7.27. The third-order valence-corrected chi connectivity index (χ3v) is 4.26. The number of hydrogen-bond donors (Lipinski definition) is 1. The summed E-state index contributed by atoms with van der Waals surface area (Å²) in [6, 6.07) is 7.34. The first-order chi connectivity index (χ1) is 9.90. The van der Waals surface area contributed by atoms with Crippen molar-refractivity contribution in [2.24, 2.45) is 0 Å². The summed E-state index contributed by atoms with van der Waals surface area (Å²) in [5.41, 5.74) is 0.337. The van der Waals surface area contributed by atoms with Gasteiger partial charge in [-0.05, 0) is 53.2 Å². The zero-order chi connectivity index (χ0) is 15.6. The van der Waals surface area contributed by atoms with Crippen LogP contribution in [0.5, 0.6) is 0 Å². The highest BCUT2D eigenvalue weighted by Crippen LogP contribution is 2.26. The van der Waals surface area contributed by atoms with Crippen molar-refractivity contribution in [3.05, 3.63) is 68.7 Å². The first kappa shape index (κ1) is 15.9. The highest BCUT2D eigenvalue weighted by molar-refractivity contribution is 9.10. The van der Waals surface area contributed by atoms with E-state index in [0.29, 0.717) is 4.47 Å². The van der Waals surface area contributed by atoms with Gasteiger partial charge in [-0.1, -0.05) is 17.7 Å². The molecule has 0 aliphatic carbocycles. The topological polar surface area (TPSA) is 29.1 Å². The lowest BCUT2D eigenvalue weighted by atomic mass is 10.1. The largest absolute Gasteiger partial charge is 0.345 e. The molecule has 0 saturated heterocycles. The molecule has 0 aromatic heterocycles. The Balaban J connectivity index is 2.23. The molecule has 0 saturated carbocycles. The number of nitrogens with one attached hydrogen (secondary N) is 1.